The Morgan fingerprint density at radius 3 is 2.57 bits per heavy atom. The van der Waals surface area contributed by atoms with Gasteiger partial charge in [-0.15, -0.1) is 0 Å². The number of aromatic nitrogens is 7. The van der Waals surface area contributed by atoms with Crippen molar-refractivity contribution in [2.75, 3.05) is 31.5 Å². The van der Waals surface area contributed by atoms with Gasteiger partial charge in [0, 0.05) is 63.7 Å². The first-order chi connectivity index (χ1) is 21.1. The van der Waals surface area contributed by atoms with Crippen molar-refractivity contribution in [1.82, 2.24) is 44.1 Å². The van der Waals surface area contributed by atoms with Gasteiger partial charge in [0.15, 0.2) is 17.2 Å². The predicted octanol–water partition coefficient (Wildman–Crippen LogP) is 3.54. The molecule has 5 heterocycles. The molecule has 0 bridgehead atoms. The molecule has 0 atom stereocenters. The van der Waals surface area contributed by atoms with E-state index in [1.54, 1.807) is 47.1 Å². The maximum Gasteiger partial charge on any atom is 0.435 e. The highest BCUT2D eigenvalue weighted by atomic mass is 35.5. The zero-order valence-corrected chi connectivity index (χ0v) is 23.9. The Balaban J connectivity index is 0.00000123. The van der Waals surface area contributed by atoms with Crippen molar-refractivity contribution in [1.29, 1.82) is 0 Å². The molecule has 1 aromatic carbocycles. The molecule has 1 saturated heterocycles. The number of amides is 1. The summed E-state index contributed by atoms with van der Waals surface area (Å²) in [5.41, 5.74) is 0.829. The van der Waals surface area contributed by atoms with E-state index in [1.807, 2.05) is 0 Å². The lowest BCUT2D eigenvalue weighted by Gasteiger charge is -2.27. The van der Waals surface area contributed by atoms with Crippen LogP contribution >= 0.6 is 11.6 Å². The molecule has 5 aromatic rings. The average Bonchev–Trinajstić information content (AvgIpc) is 3.72. The summed E-state index contributed by atoms with van der Waals surface area (Å²) in [6.45, 7) is 2.46. The second-order valence-corrected chi connectivity index (χ2v) is 10.1. The van der Waals surface area contributed by atoms with Crippen LogP contribution < -0.4 is 10.6 Å². The Kier molecular flexibility index (Phi) is 8.82. The van der Waals surface area contributed by atoms with E-state index in [4.69, 9.17) is 21.5 Å². The quantitative estimate of drug-likeness (QED) is 0.240. The maximum absolute atomic E-state index is 14.0. The molecule has 1 aliphatic rings. The van der Waals surface area contributed by atoms with Crippen molar-refractivity contribution >= 4 is 41.1 Å². The molecule has 230 valence electrons. The molecule has 0 saturated carbocycles. The highest BCUT2D eigenvalue weighted by Gasteiger charge is 2.38. The number of carbonyl (C=O) groups excluding carboxylic acids is 1. The number of nitrogens with one attached hydrogen (secondary N) is 2. The highest BCUT2D eigenvalue weighted by Crippen LogP contribution is 2.37. The lowest BCUT2D eigenvalue weighted by Crippen LogP contribution is -2.46. The number of aryl methyl sites for hydroxylation is 1. The fraction of sp³-hybridized carbons (Fsp3) is 0.259. The van der Waals surface area contributed by atoms with E-state index in [2.05, 4.69) is 30.8 Å². The van der Waals surface area contributed by atoms with Crippen molar-refractivity contribution in [2.24, 2.45) is 7.05 Å². The van der Waals surface area contributed by atoms with Gasteiger partial charge in [0.05, 0.1) is 40.3 Å². The number of fused-ring (bicyclic) bond motifs is 1. The number of rotatable bonds is 6. The van der Waals surface area contributed by atoms with Gasteiger partial charge >= 0.3 is 6.18 Å². The fourth-order valence-electron chi connectivity index (χ4n) is 4.76. The maximum atomic E-state index is 14.0. The van der Waals surface area contributed by atoms with Crippen LogP contribution in [0, 0.1) is 0 Å². The van der Waals surface area contributed by atoms with E-state index < -0.39 is 11.9 Å². The van der Waals surface area contributed by atoms with Gasteiger partial charge in [-0.2, -0.15) is 23.4 Å². The fourth-order valence-corrected chi connectivity index (χ4v) is 5.02. The molecule has 0 spiro atoms. The number of anilines is 2. The predicted molar refractivity (Wildman–Crippen MR) is 154 cm³/mol. The van der Waals surface area contributed by atoms with E-state index in [-0.39, 0.29) is 35.2 Å². The Bertz CT molecular complexity index is 1790. The van der Waals surface area contributed by atoms with Crippen molar-refractivity contribution in [3.8, 4) is 11.3 Å². The van der Waals surface area contributed by atoms with Crippen molar-refractivity contribution in [3.63, 3.8) is 0 Å². The van der Waals surface area contributed by atoms with Gasteiger partial charge in [-0.25, -0.2) is 9.97 Å². The lowest BCUT2D eigenvalue weighted by atomic mass is 10.1. The Morgan fingerprint density at radius 2 is 1.91 bits per heavy atom. The topological polar surface area (TPSA) is 148 Å². The molecule has 17 heteroatoms. The number of piperazine rings is 1. The smallest absolute Gasteiger partial charge is 0.435 e. The number of hydrogen-bond acceptors (Lipinski definition) is 8. The van der Waals surface area contributed by atoms with Gasteiger partial charge in [-0.3, -0.25) is 23.4 Å². The minimum atomic E-state index is -4.69. The second kappa shape index (κ2) is 12.7. The van der Waals surface area contributed by atoms with Gasteiger partial charge in [0.2, 0.25) is 0 Å². The number of nitrogens with zero attached hydrogens (tertiary/aromatic N) is 8. The van der Waals surface area contributed by atoms with E-state index >= 15 is 0 Å². The number of imidazole rings is 1. The van der Waals surface area contributed by atoms with Gasteiger partial charge in [0.1, 0.15) is 0 Å². The third kappa shape index (κ3) is 6.50. The van der Waals surface area contributed by atoms with Crippen molar-refractivity contribution < 1.29 is 27.9 Å². The molecular formula is C27H26ClF3N10O3. The van der Waals surface area contributed by atoms with Crippen LogP contribution in [0.4, 0.5) is 24.7 Å². The summed E-state index contributed by atoms with van der Waals surface area (Å²) in [5, 5.41) is 21.5. The molecule has 0 radical (unpaired) electrons. The van der Waals surface area contributed by atoms with Crippen LogP contribution in [-0.4, -0.2) is 82.5 Å². The van der Waals surface area contributed by atoms with Crippen LogP contribution in [0.1, 0.15) is 21.7 Å². The summed E-state index contributed by atoms with van der Waals surface area (Å²) in [6.07, 6.45) is 2.69. The number of alkyl halides is 3. The van der Waals surface area contributed by atoms with Gasteiger partial charge in [-0.1, -0.05) is 11.6 Å². The minimum absolute atomic E-state index is 0.0723. The van der Waals surface area contributed by atoms with Crippen molar-refractivity contribution in [3.05, 3.63) is 77.2 Å². The molecule has 13 nitrogen and oxygen atoms in total. The molecule has 1 fully saturated rings. The number of hydrogen-bond donors (Lipinski definition) is 3. The van der Waals surface area contributed by atoms with E-state index in [0.717, 1.165) is 13.1 Å². The normalized spacial score (nSPS) is 13.4. The molecule has 0 unspecified atom stereocenters. The zero-order valence-electron chi connectivity index (χ0n) is 23.2. The third-order valence-corrected chi connectivity index (χ3v) is 7.01. The third-order valence-electron chi connectivity index (χ3n) is 6.69. The molecule has 1 amide bonds. The molecule has 1 aliphatic heterocycles. The summed E-state index contributed by atoms with van der Waals surface area (Å²) >= 11 is 6.47. The Morgan fingerprint density at radius 1 is 1.16 bits per heavy atom. The van der Waals surface area contributed by atoms with E-state index in [0.29, 0.717) is 41.5 Å². The molecule has 44 heavy (non-hydrogen) atoms. The monoisotopic (exact) mass is 630 g/mol. The second-order valence-electron chi connectivity index (χ2n) is 9.65. The first-order valence-electron chi connectivity index (χ1n) is 13.2. The van der Waals surface area contributed by atoms with Gasteiger partial charge in [-0.05, 0) is 24.3 Å². The summed E-state index contributed by atoms with van der Waals surface area (Å²) < 4.78 is 46.3. The summed E-state index contributed by atoms with van der Waals surface area (Å²) in [6, 6.07) is 6.65. The lowest BCUT2D eigenvalue weighted by molar-refractivity contribution is -0.141. The number of halogens is 4. The number of carbonyl (C=O) groups is 2. The summed E-state index contributed by atoms with van der Waals surface area (Å²) in [5.74, 6) is 0.149. The van der Waals surface area contributed by atoms with Crippen LogP contribution in [0.15, 0.2) is 55.2 Å². The minimum Gasteiger partial charge on any atom is -0.483 e. The van der Waals surface area contributed by atoms with Crippen molar-refractivity contribution in [2.45, 2.75) is 12.7 Å². The largest absolute Gasteiger partial charge is 0.483 e. The number of carboxylic acid groups (broad SMARTS) is 1. The van der Waals surface area contributed by atoms with Gasteiger partial charge < -0.3 is 20.6 Å². The van der Waals surface area contributed by atoms with Gasteiger partial charge in [0.25, 0.3) is 12.4 Å². The summed E-state index contributed by atoms with van der Waals surface area (Å²) in [7, 11) is 1.73. The Labute approximate surface area is 252 Å². The SMILES string of the molecule is Cn1ccc(Cn2cc(-c3cnc4c(Nc5ccc(C(=O)N6CCNCC6)c(Cl)c5)nccn34)c(C(F)(F)F)n2)n1.O=CO. The average molecular weight is 631 g/mol. The van der Waals surface area contributed by atoms with Crippen LogP contribution in [0.25, 0.3) is 16.9 Å². The van der Waals surface area contributed by atoms with E-state index in [9.17, 15) is 18.0 Å². The highest BCUT2D eigenvalue weighted by molar-refractivity contribution is 6.34. The molecule has 0 aliphatic carbocycles. The molecule has 6 rings (SSSR count). The Hall–Kier alpha value is -4.96. The van der Waals surface area contributed by atoms with Crippen LogP contribution in [-0.2, 0) is 24.6 Å². The van der Waals surface area contributed by atoms with Crippen LogP contribution in [0.3, 0.4) is 0 Å². The zero-order chi connectivity index (χ0) is 31.4. The molecule has 3 N–H and O–H groups in total. The number of benzene rings is 1. The first-order valence-corrected chi connectivity index (χ1v) is 13.6. The summed E-state index contributed by atoms with van der Waals surface area (Å²) in [4.78, 5) is 31.7. The first kappa shape index (κ1) is 30.5. The molecular weight excluding hydrogens is 605 g/mol. The van der Waals surface area contributed by atoms with Crippen LogP contribution in [0.2, 0.25) is 5.02 Å². The molecule has 4 aromatic heterocycles. The van der Waals surface area contributed by atoms with Crippen LogP contribution in [0.5, 0.6) is 0 Å². The standard InChI is InChI=1S/C26H24ClF3N10O.CH2O2/c1-37-8-4-17(35-37)14-39-15-19(22(36-39)26(28,29)30)21-13-33-24-23(32-7-11-40(21)24)34-16-2-3-18(20(27)12-16)25(41)38-9-5-31-6-10-38;2-1-3/h2-4,7-8,11-13,15,31H,5-6,9-10,14H2,1H3,(H,32,34);1H,(H,2,3). The van der Waals surface area contributed by atoms with E-state index in [1.165, 1.54) is 33.9 Å².